The predicted molar refractivity (Wildman–Crippen MR) is 86.7 cm³/mol. The van der Waals surface area contributed by atoms with Crippen molar-refractivity contribution in [1.82, 2.24) is 4.90 Å². The molecule has 0 saturated carbocycles. The fourth-order valence-corrected chi connectivity index (χ4v) is 3.03. The number of amides is 3. The van der Waals surface area contributed by atoms with E-state index in [1.54, 1.807) is 0 Å². The van der Waals surface area contributed by atoms with Gasteiger partial charge in [-0.05, 0) is 38.5 Å². The van der Waals surface area contributed by atoms with Crippen molar-refractivity contribution in [1.29, 1.82) is 5.26 Å². The molecule has 7 nitrogen and oxygen atoms in total. The summed E-state index contributed by atoms with van der Waals surface area (Å²) in [5, 5.41) is 18.2. The van der Waals surface area contributed by atoms with E-state index in [2.05, 4.69) is 0 Å². The zero-order valence-electron chi connectivity index (χ0n) is 14.7. The maximum atomic E-state index is 13.2. The predicted octanol–water partition coefficient (Wildman–Crippen LogP) is 2.99. The van der Waals surface area contributed by atoms with Crippen molar-refractivity contribution in [3.8, 4) is 6.07 Å². The van der Waals surface area contributed by atoms with Crippen LogP contribution in [0.5, 0.6) is 0 Å². The van der Waals surface area contributed by atoms with Crippen LogP contribution in [-0.2, 0) is 15.8 Å². The Morgan fingerprint density at radius 2 is 1.93 bits per heavy atom. The van der Waals surface area contributed by atoms with Gasteiger partial charge in [0.1, 0.15) is 11.6 Å². The minimum Gasteiger partial charge on any atom is -0.480 e. The summed E-state index contributed by atoms with van der Waals surface area (Å²) in [6, 6.07) is 1.51. The molecule has 2 rings (SSSR count). The van der Waals surface area contributed by atoms with Crippen molar-refractivity contribution in [3.05, 3.63) is 29.3 Å². The Kier molecular flexibility index (Phi) is 4.92. The first-order valence-electron chi connectivity index (χ1n) is 7.89. The number of carboxylic acid groups (broad SMARTS) is 1. The highest BCUT2D eigenvalue weighted by Crippen LogP contribution is 2.38. The third-order valence-electron chi connectivity index (χ3n) is 4.40. The van der Waals surface area contributed by atoms with E-state index >= 15 is 0 Å². The Morgan fingerprint density at radius 1 is 1.33 bits per heavy atom. The number of anilines is 1. The standard InChI is InChI=1S/C17H16F3N3O4/c1-4-12(13(24)25)23-15(27)22(14(26)16(23,2)3)10-6-5-9(8-21)11(7-10)17(18,19)20/h5-7,12H,4H2,1-3H3,(H,24,25). The molecule has 1 aliphatic rings. The van der Waals surface area contributed by atoms with Gasteiger partial charge in [-0.15, -0.1) is 0 Å². The number of halogens is 3. The molecule has 1 aromatic carbocycles. The molecule has 0 aromatic heterocycles. The molecular formula is C17H16F3N3O4. The Morgan fingerprint density at radius 3 is 2.37 bits per heavy atom. The van der Waals surface area contributed by atoms with E-state index in [1.165, 1.54) is 26.8 Å². The number of imide groups is 1. The largest absolute Gasteiger partial charge is 0.480 e. The van der Waals surface area contributed by atoms with Crippen LogP contribution in [0.2, 0.25) is 0 Å². The number of urea groups is 1. The van der Waals surface area contributed by atoms with Gasteiger partial charge in [-0.3, -0.25) is 9.69 Å². The van der Waals surface area contributed by atoms with E-state index in [0.717, 1.165) is 17.0 Å². The summed E-state index contributed by atoms with van der Waals surface area (Å²) in [6.45, 7) is 4.17. The quantitative estimate of drug-likeness (QED) is 0.806. The highest BCUT2D eigenvalue weighted by atomic mass is 19.4. The second-order valence-electron chi connectivity index (χ2n) is 6.45. The van der Waals surface area contributed by atoms with E-state index in [1.807, 2.05) is 0 Å². The number of hydrogen-bond donors (Lipinski definition) is 1. The lowest BCUT2D eigenvalue weighted by Crippen LogP contribution is -2.52. The van der Waals surface area contributed by atoms with Gasteiger partial charge in [0.2, 0.25) is 0 Å². The van der Waals surface area contributed by atoms with Crippen LogP contribution >= 0.6 is 0 Å². The molecule has 0 spiro atoms. The fourth-order valence-electron chi connectivity index (χ4n) is 3.03. The maximum Gasteiger partial charge on any atom is 0.417 e. The molecule has 0 aliphatic carbocycles. The zero-order valence-corrected chi connectivity index (χ0v) is 14.7. The third-order valence-corrected chi connectivity index (χ3v) is 4.40. The average molecular weight is 383 g/mol. The third kappa shape index (κ3) is 3.20. The number of carbonyl (C=O) groups excluding carboxylic acids is 2. The highest BCUT2D eigenvalue weighted by molar-refractivity contribution is 6.23. The van der Waals surface area contributed by atoms with Crippen molar-refractivity contribution >= 4 is 23.6 Å². The molecule has 3 amide bonds. The number of hydrogen-bond acceptors (Lipinski definition) is 4. The van der Waals surface area contributed by atoms with Crippen LogP contribution in [0.1, 0.15) is 38.3 Å². The molecule has 0 radical (unpaired) electrons. The van der Waals surface area contributed by atoms with Gasteiger partial charge < -0.3 is 5.11 Å². The van der Waals surface area contributed by atoms with E-state index in [9.17, 15) is 32.7 Å². The summed E-state index contributed by atoms with van der Waals surface area (Å²) in [5.41, 5.74) is -3.89. The van der Waals surface area contributed by atoms with Gasteiger partial charge in [-0.25, -0.2) is 14.5 Å². The topological polar surface area (TPSA) is 102 Å². The number of nitrogens with zero attached hydrogens (tertiary/aromatic N) is 3. The molecule has 27 heavy (non-hydrogen) atoms. The van der Waals surface area contributed by atoms with E-state index in [-0.39, 0.29) is 12.1 Å². The summed E-state index contributed by atoms with van der Waals surface area (Å²) < 4.78 is 39.6. The molecular weight excluding hydrogens is 367 g/mol. The summed E-state index contributed by atoms with van der Waals surface area (Å²) >= 11 is 0. The number of carbonyl (C=O) groups is 3. The Labute approximate surface area is 152 Å². The van der Waals surface area contributed by atoms with Crippen molar-refractivity contribution < 1.29 is 32.7 Å². The lowest BCUT2D eigenvalue weighted by Gasteiger charge is -2.32. The molecule has 0 bridgehead atoms. The Hall–Kier alpha value is -3.09. The van der Waals surface area contributed by atoms with Gasteiger partial charge in [-0.2, -0.15) is 18.4 Å². The Balaban J connectivity index is 2.61. The summed E-state index contributed by atoms with van der Waals surface area (Å²) in [7, 11) is 0. The van der Waals surface area contributed by atoms with Crippen LogP contribution < -0.4 is 4.90 Å². The number of nitriles is 1. The number of rotatable bonds is 4. The molecule has 1 saturated heterocycles. The monoisotopic (exact) mass is 383 g/mol. The van der Waals surface area contributed by atoms with Crippen LogP contribution in [0.25, 0.3) is 0 Å². The number of aliphatic carboxylic acids is 1. The van der Waals surface area contributed by atoms with Crippen LogP contribution in [0.4, 0.5) is 23.7 Å². The van der Waals surface area contributed by atoms with Crippen molar-refractivity contribution in [2.45, 2.75) is 44.9 Å². The van der Waals surface area contributed by atoms with Crippen LogP contribution in [0.15, 0.2) is 18.2 Å². The fraction of sp³-hybridized carbons (Fsp3) is 0.412. The SMILES string of the molecule is CCC(C(=O)O)N1C(=O)N(c2ccc(C#N)c(C(F)(F)F)c2)C(=O)C1(C)C. The lowest BCUT2D eigenvalue weighted by atomic mass is 10.00. The first-order chi connectivity index (χ1) is 12.4. The average Bonchev–Trinajstić information content (AvgIpc) is 2.74. The number of benzene rings is 1. The molecule has 1 aliphatic heterocycles. The minimum atomic E-state index is -4.87. The molecule has 1 unspecified atom stereocenters. The van der Waals surface area contributed by atoms with Crippen molar-refractivity contribution in [2.75, 3.05) is 4.90 Å². The lowest BCUT2D eigenvalue weighted by molar-refractivity contribution is -0.144. The number of carboxylic acids is 1. The molecule has 10 heteroatoms. The van der Waals surface area contributed by atoms with Gasteiger partial charge in [0.25, 0.3) is 5.91 Å². The summed E-state index contributed by atoms with van der Waals surface area (Å²) in [6.07, 6.45) is -4.86. The second kappa shape index (κ2) is 6.57. The zero-order chi connectivity index (χ0) is 20.7. The first-order valence-corrected chi connectivity index (χ1v) is 7.89. The van der Waals surface area contributed by atoms with Gasteiger partial charge in [0, 0.05) is 0 Å². The van der Waals surface area contributed by atoms with Gasteiger partial charge in [0.05, 0.1) is 22.9 Å². The molecule has 144 valence electrons. The maximum absolute atomic E-state index is 13.2. The van der Waals surface area contributed by atoms with Crippen LogP contribution in [0.3, 0.4) is 0 Å². The number of alkyl halides is 3. The van der Waals surface area contributed by atoms with Crippen LogP contribution in [-0.4, -0.2) is 39.5 Å². The van der Waals surface area contributed by atoms with E-state index in [4.69, 9.17) is 5.26 Å². The molecule has 1 fully saturated rings. The smallest absolute Gasteiger partial charge is 0.417 e. The summed E-state index contributed by atoms with van der Waals surface area (Å²) in [4.78, 5) is 38.3. The highest BCUT2D eigenvalue weighted by Gasteiger charge is 2.55. The molecule has 1 atom stereocenters. The van der Waals surface area contributed by atoms with E-state index in [0.29, 0.717) is 11.0 Å². The second-order valence-corrected chi connectivity index (χ2v) is 6.45. The van der Waals surface area contributed by atoms with Crippen molar-refractivity contribution in [3.63, 3.8) is 0 Å². The van der Waals surface area contributed by atoms with Crippen molar-refractivity contribution in [2.24, 2.45) is 0 Å². The van der Waals surface area contributed by atoms with Gasteiger partial charge in [-0.1, -0.05) is 6.92 Å². The molecule has 1 aromatic rings. The summed E-state index contributed by atoms with van der Waals surface area (Å²) in [5.74, 6) is -2.19. The molecule has 1 heterocycles. The minimum absolute atomic E-state index is 0.00674. The van der Waals surface area contributed by atoms with Gasteiger partial charge in [0.15, 0.2) is 0 Å². The normalized spacial score (nSPS) is 17.8. The van der Waals surface area contributed by atoms with Gasteiger partial charge >= 0.3 is 18.2 Å². The Bertz CT molecular complexity index is 858. The van der Waals surface area contributed by atoms with Crippen LogP contribution in [0, 0.1) is 11.3 Å². The molecule has 1 N–H and O–H groups in total. The van der Waals surface area contributed by atoms with E-state index < -0.39 is 46.8 Å². The first kappa shape index (κ1) is 20.2.